The fourth-order valence-corrected chi connectivity index (χ4v) is 5.77. The third-order valence-electron chi connectivity index (χ3n) is 7.69. The van der Waals surface area contributed by atoms with E-state index >= 15 is 0 Å². The molecule has 0 unspecified atom stereocenters. The van der Waals surface area contributed by atoms with E-state index in [4.69, 9.17) is 27.9 Å². The molecule has 1 fully saturated rings. The topological polar surface area (TPSA) is 58.6 Å². The van der Waals surface area contributed by atoms with Crippen LogP contribution in [-0.2, 0) is 22.6 Å². The van der Waals surface area contributed by atoms with Gasteiger partial charge in [-0.15, -0.1) is 0 Å². The molecule has 2 amide bonds. The second-order valence-electron chi connectivity index (χ2n) is 10.8. The fraction of sp³-hybridized carbons (Fsp3) is 0.394. The van der Waals surface area contributed by atoms with Gasteiger partial charge < -0.3 is 15.0 Å². The number of hydrogen-bond acceptors (Lipinski definition) is 3. The number of halogens is 2. The highest BCUT2D eigenvalue weighted by Gasteiger charge is 2.32. The fourth-order valence-electron chi connectivity index (χ4n) is 5.30. The maximum absolute atomic E-state index is 14.0. The van der Waals surface area contributed by atoms with Crippen LogP contribution in [-0.4, -0.2) is 35.4 Å². The van der Waals surface area contributed by atoms with E-state index in [1.54, 1.807) is 23.1 Å². The minimum absolute atomic E-state index is 0.116. The van der Waals surface area contributed by atoms with Crippen molar-refractivity contribution in [2.45, 2.75) is 77.9 Å². The van der Waals surface area contributed by atoms with Gasteiger partial charge in [0, 0.05) is 29.1 Å². The summed E-state index contributed by atoms with van der Waals surface area (Å²) in [5.41, 5.74) is 4.83. The number of benzene rings is 3. The van der Waals surface area contributed by atoms with Gasteiger partial charge in [0.25, 0.3) is 5.91 Å². The minimum Gasteiger partial charge on any atom is -0.483 e. The maximum Gasteiger partial charge on any atom is 0.261 e. The number of carbonyl (C=O) groups is 2. The molecular weight excluding hydrogens is 543 g/mol. The van der Waals surface area contributed by atoms with Crippen molar-refractivity contribution in [1.82, 2.24) is 10.2 Å². The zero-order valence-electron chi connectivity index (χ0n) is 23.5. The molecule has 0 spiro atoms. The Bertz CT molecular complexity index is 1320. The molecule has 3 aromatic rings. The lowest BCUT2D eigenvalue weighted by Gasteiger charge is -2.33. The van der Waals surface area contributed by atoms with Gasteiger partial charge in [0.2, 0.25) is 5.91 Å². The van der Waals surface area contributed by atoms with E-state index in [9.17, 15) is 9.59 Å². The molecule has 1 saturated carbocycles. The molecule has 1 N–H and O–H groups in total. The van der Waals surface area contributed by atoms with Crippen LogP contribution < -0.4 is 10.1 Å². The quantitative estimate of drug-likeness (QED) is 0.272. The van der Waals surface area contributed by atoms with Crippen molar-refractivity contribution in [2.24, 2.45) is 0 Å². The Labute approximate surface area is 247 Å². The number of aryl methyl sites for hydroxylation is 2. The smallest absolute Gasteiger partial charge is 0.261 e. The molecule has 0 saturated heterocycles. The zero-order chi connectivity index (χ0) is 28.6. The molecule has 212 valence electrons. The number of nitrogens with zero attached hydrogens (tertiary/aromatic N) is 1. The summed E-state index contributed by atoms with van der Waals surface area (Å²) in [5, 5.41) is 4.21. The third-order valence-corrected chi connectivity index (χ3v) is 8.28. The van der Waals surface area contributed by atoms with E-state index in [2.05, 4.69) is 11.4 Å². The SMILES string of the molecule is Cc1cc(C)c(C)c(OCC(=O)N(Cc2ccc(Cl)cc2Cl)[C@@H](Cc2ccccc2)C(=O)NC2CCCCC2)c1. The van der Waals surface area contributed by atoms with Crippen LogP contribution in [0.1, 0.15) is 59.9 Å². The summed E-state index contributed by atoms with van der Waals surface area (Å²) in [7, 11) is 0. The third kappa shape index (κ3) is 8.02. The van der Waals surface area contributed by atoms with Crippen LogP contribution in [0.5, 0.6) is 5.75 Å². The van der Waals surface area contributed by atoms with Crippen LogP contribution >= 0.6 is 23.2 Å². The van der Waals surface area contributed by atoms with Crippen LogP contribution in [0.3, 0.4) is 0 Å². The molecule has 0 aromatic heterocycles. The van der Waals surface area contributed by atoms with Crippen molar-refractivity contribution in [3.05, 3.63) is 98.5 Å². The summed E-state index contributed by atoms with van der Waals surface area (Å²) in [5.74, 6) is 0.225. The van der Waals surface area contributed by atoms with E-state index in [0.29, 0.717) is 27.8 Å². The molecule has 0 aliphatic heterocycles. The molecule has 5 nitrogen and oxygen atoms in total. The molecule has 0 bridgehead atoms. The first kappa shape index (κ1) is 30.0. The molecule has 3 aromatic carbocycles. The zero-order valence-corrected chi connectivity index (χ0v) is 25.0. The van der Waals surface area contributed by atoms with Crippen LogP contribution in [0.25, 0.3) is 0 Å². The van der Waals surface area contributed by atoms with Gasteiger partial charge in [-0.3, -0.25) is 9.59 Å². The van der Waals surface area contributed by atoms with Gasteiger partial charge in [-0.05, 0) is 79.6 Å². The highest BCUT2D eigenvalue weighted by Crippen LogP contribution is 2.26. The monoisotopic (exact) mass is 580 g/mol. The van der Waals surface area contributed by atoms with Gasteiger partial charge >= 0.3 is 0 Å². The summed E-state index contributed by atoms with van der Waals surface area (Å²) < 4.78 is 6.08. The normalized spacial score (nSPS) is 14.4. The van der Waals surface area contributed by atoms with Crippen molar-refractivity contribution >= 4 is 35.0 Å². The molecule has 1 aliphatic rings. The van der Waals surface area contributed by atoms with Gasteiger partial charge in [-0.1, -0.05) is 84.9 Å². The number of rotatable bonds is 10. The first-order valence-electron chi connectivity index (χ1n) is 14.0. The lowest BCUT2D eigenvalue weighted by Crippen LogP contribution is -2.53. The summed E-state index contributed by atoms with van der Waals surface area (Å²) >= 11 is 12.7. The van der Waals surface area contributed by atoms with Crippen molar-refractivity contribution < 1.29 is 14.3 Å². The number of amides is 2. The van der Waals surface area contributed by atoms with Crippen LogP contribution in [0, 0.1) is 20.8 Å². The molecule has 0 radical (unpaired) electrons. The van der Waals surface area contributed by atoms with Gasteiger partial charge in [0.1, 0.15) is 11.8 Å². The maximum atomic E-state index is 14.0. The largest absolute Gasteiger partial charge is 0.483 e. The van der Waals surface area contributed by atoms with Crippen LogP contribution in [0.2, 0.25) is 10.0 Å². The Hall–Kier alpha value is -3.02. The van der Waals surface area contributed by atoms with E-state index < -0.39 is 6.04 Å². The predicted molar refractivity (Wildman–Crippen MR) is 162 cm³/mol. The van der Waals surface area contributed by atoms with Gasteiger partial charge in [0.15, 0.2) is 6.61 Å². The predicted octanol–water partition coefficient (Wildman–Crippen LogP) is 7.39. The number of carbonyl (C=O) groups excluding carboxylic acids is 2. The Morgan fingerprint density at radius 1 is 0.975 bits per heavy atom. The Balaban J connectivity index is 1.66. The Morgan fingerprint density at radius 2 is 1.70 bits per heavy atom. The second kappa shape index (κ2) is 14.0. The Morgan fingerprint density at radius 3 is 2.40 bits per heavy atom. The summed E-state index contributed by atoms with van der Waals surface area (Å²) in [6.45, 7) is 5.96. The lowest BCUT2D eigenvalue weighted by atomic mass is 9.94. The molecule has 0 heterocycles. The summed E-state index contributed by atoms with van der Waals surface area (Å²) in [6, 6.07) is 18.4. The van der Waals surface area contributed by atoms with E-state index in [0.717, 1.165) is 47.9 Å². The average Bonchev–Trinajstić information content (AvgIpc) is 2.93. The molecule has 40 heavy (non-hydrogen) atoms. The number of ether oxygens (including phenoxy) is 1. The molecular formula is C33H38Cl2N2O3. The van der Waals surface area contributed by atoms with Crippen LogP contribution in [0.4, 0.5) is 0 Å². The molecule has 1 atom stereocenters. The molecule has 4 rings (SSSR count). The summed E-state index contributed by atoms with van der Waals surface area (Å²) in [6.07, 6.45) is 5.67. The molecule has 7 heteroatoms. The second-order valence-corrected chi connectivity index (χ2v) is 11.6. The number of nitrogens with one attached hydrogen (secondary N) is 1. The van der Waals surface area contributed by atoms with Gasteiger partial charge in [0.05, 0.1) is 0 Å². The van der Waals surface area contributed by atoms with Crippen molar-refractivity contribution in [3.63, 3.8) is 0 Å². The van der Waals surface area contributed by atoms with Crippen molar-refractivity contribution in [3.8, 4) is 5.75 Å². The highest BCUT2D eigenvalue weighted by atomic mass is 35.5. The van der Waals surface area contributed by atoms with E-state index in [-0.39, 0.29) is 31.0 Å². The first-order valence-corrected chi connectivity index (χ1v) is 14.7. The first-order chi connectivity index (χ1) is 19.2. The van der Waals surface area contributed by atoms with E-state index in [1.807, 2.05) is 57.2 Å². The lowest BCUT2D eigenvalue weighted by molar-refractivity contribution is -0.143. The van der Waals surface area contributed by atoms with Crippen molar-refractivity contribution in [2.75, 3.05) is 6.61 Å². The number of hydrogen-bond donors (Lipinski definition) is 1. The minimum atomic E-state index is -0.743. The average molecular weight is 582 g/mol. The molecule has 1 aliphatic carbocycles. The van der Waals surface area contributed by atoms with Gasteiger partial charge in [-0.2, -0.15) is 0 Å². The van der Waals surface area contributed by atoms with Gasteiger partial charge in [-0.25, -0.2) is 0 Å². The van der Waals surface area contributed by atoms with Crippen LogP contribution in [0.15, 0.2) is 60.7 Å². The highest BCUT2D eigenvalue weighted by molar-refractivity contribution is 6.35. The van der Waals surface area contributed by atoms with Crippen molar-refractivity contribution in [1.29, 1.82) is 0 Å². The van der Waals surface area contributed by atoms with E-state index in [1.165, 1.54) is 6.42 Å². The Kier molecular flexibility index (Phi) is 10.5. The summed E-state index contributed by atoms with van der Waals surface area (Å²) in [4.78, 5) is 29.5. The standard InChI is InChI=1S/C33H38Cl2N2O3/c1-22-16-23(2)24(3)31(17-22)40-21-32(38)37(20-26-14-15-27(34)19-29(26)35)30(18-25-10-6-4-7-11-25)33(39)36-28-12-8-5-9-13-28/h4,6-7,10-11,14-17,19,28,30H,5,8-9,12-13,18,20-21H2,1-3H3,(H,36,39)/t30-/m0/s1.